The van der Waals surface area contributed by atoms with Gasteiger partial charge in [-0.25, -0.2) is 0 Å². The predicted octanol–water partition coefficient (Wildman–Crippen LogP) is 1.28. The van der Waals surface area contributed by atoms with Gasteiger partial charge in [-0.15, -0.1) is 0 Å². The Morgan fingerprint density at radius 1 is 1.44 bits per heavy atom. The number of hydrogen-bond acceptors (Lipinski definition) is 2. The molecule has 2 nitrogen and oxygen atoms in total. The lowest BCUT2D eigenvalue weighted by atomic mass is 10.3. The number of benzene rings is 1. The molecule has 0 saturated heterocycles. The normalized spacial score (nSPS) is 15.3. The van der Waals surface area contributed by atoms with Crippen molar-refractivity contribution in [3.8, 4) is 5.75 Å². The molecule has 1 rings (SSSR count). The first-order valence-corrected chi connectivity index (χ1v) is 2.52. The maximum Gasteiger partial charge on any atom is 0.119 e. The highest BCUT2D eigenvalue weighted by molar-refractivity contribution is 5.41. The van der Waals surface area contributed by atoms with Crippen molar-refractivity contribution < 1.29 is 8.85 Å². The largest absolute Gasteiger partial charge is 0.497 e. The van der Waals surface area contributed by atoms with Crippen LogP contribution in [0.5, 0.6) is 5.75 Å². The van der Waals surface area contributed by atoms with Crippen LogP contribution in [0, 0.1) is 0 Å². The maximum absolute atomic E-state index is 6.80. The lowest BCUT2D eigenvalue weighted by Crippen LogP contribution is -1.84. The molecule has 0 heterocycles. The Morgan fingerprint density at radius 2 is 2.11 bits per heavy atom. The van der Waals surface area contributed by atoms with Gasteiger partial charge in [0.15, 0.2) is 0 Å². The number of nitrogens with two attached hydrogens (primary N) is 1. The summed E-state index contributed by atoms with van der Waals surface area (Å²) in [5, 5.41) is 0. The van der Waals surface area contributed by atoms with Gasteiger partial charge in [0, 0.05) is 5.69 Å². The Hall–Kier alpha value is -1.18. The number of hydrogen-bond donors (Lipinski definition) is 1. The van der Waals surface area contributed by atoms with Gasteiger partial charge in [-0.1, -0.05) is 0 Å². The fourth-order valence-corrected chi connectivity index (χ4v) is 0.536. The van der Waals surface area contributed by atoms with Gasteiger partial charge in [0.1, 0.15) is 5.75 Å². The molecule has 1 aromatic rings. The molecule has 0 aliphatic rings. The third-order valence-corrected chi connectivity index (χ3v) is 0.998. The first kappa shape index (κ1) is 3.11. The maximum atomic E-state index is 6.80. The minimum atomic E-state index is -2.39. The molecular weight excluding hydrogens is 115 g/mol. The van der Waals surface area contributed by atoms with E-state index in [0.717, 1.165) is 0 Å². The van der Waals surface area contributed by atoms with E-state index in [1.54, 1.807) is 12.1 Å². The summed E-state index contributed by atoms with van der Waals surface area (Å²) in [4.78, 5) is 0. The first-order chi connectivity index (χ1) is 5.47. The quantitative estimate of drug-likeness (QED) is 0.455. The van der Waals surface area contributed by atoms with Gasteiger partial charge in [-0.05, 0) is 24.3 Å². The monoisotopic (exact) mass is 127 g/mol. The van der Waals surface area contributed by atoms with Crippen molar-refractivity contribution in [2.45, 2.75) is 0 Å². The van der Waals surface area contributed by atoms with Crippen LogP contribution in [0.3, 0.4) is 0 Å². The summed E-state index contributed by atoms with van der Waals surface area (Å²) in [6.45, 7) is 0. The lowest BCUT2D eigenvalue weighted by Gasteiger charge is -1.97. The van der Waals surface area contributed by atoms with Crippen LogP contribution in [0.1, 0.15) is 4.11 Å². The van der Waals surface area contributed by atoms with Gasteiger partial charge >= 0.3 is 0 Å². The highest BCUT2D eigenvalue weighted by Crippen LogP contribution is 2.11. The number of rotatable bonds is 1. The molecule has 0 fully saturated rings. The summed E-state index contributed by atoms with van der Waals surface area (Å²) < 4.78 is 25.0. The van der Waals surface area contributed by atoms with Gasteiger partial charge in [0.05, 0.1) is 11.2 Å². The van der Waals surface area contributed by atoms with E-state index < -0.39 is 7.04 Å². The Bertz CT molecular complexity index is 254. The molecule has 0 aromatic heterocycles. The number of anilines is 1. The molecule has 0 spiro atoms. The Balaban J connectivity index is 2.71. The fraction of sp³-hybridized carbons (Fsp3) is 0.143. The molecular formula is C7H9NO. The molecule has 0 unspecified atom stereocenters. The summed E-state index contributed by atoms with van der Waals surface area (Å²) in [6, 6.07) is 6.20. The topological polar surface area (TPSA) is 35.2 Å². The summed E-state index contributed by atoms with van der Waals surface area (Å²) in [7, 11) is -2.39. The third kappa shape index (κ3) is 1.35. The van der Waals surface area contributed by atoms with E-state index in [9.17, 15) is 0 Å². The molecule has 0 radical (unpaired) electrons. The van der Waals surface area contributed by atoms with Crippen LogP contribution < -0.4 is 10.5 Å². The van der Waals surface area contributed by atoms with Crippen molar-refractivity contribution in [1.29, 1.82) is 0 Å². The van der Waals surface area contributed by atoms with Gasteiger partial charge < -0.3 is 10.5 Å². The van der Waals surface area contributed by atoms with Crippen molar-refractivity contribution in [3.63, 3.8) is 0 Å². The molecule has 0 bridgehead atoms. The van der Waals surface area contributed by atoms with E-state index in [4.69, 9.17) is 9.85 Å². The average Bonchev–Trinajstić information content (AvgIpc) is 1.91. The fourth-order valence-electron chi connectivity index (χ4n) is 0.536. The minimum absolute atomic E-state index is 0.296. The van der Waals surface area contributed by atoms with E-state index in [1.807, 2.05) is 0 Å². The van der Waals surface area contributed by atoms with Gasteiger partial charge in [0.25, 0.3) is 0 Å². The minimum Gasteiger partial charge on any atom is -0.497 e. The first-order valence-electron chi connectivity index (χ1n) is 4.02. The van der Waals surface area contributed by atoms with E-state index >= 15 is 0 Å². The van der Waals surface area contributed by atoms with Gasteiger partial charge in [-0.3, -0.25) is 0 Å². The molecule has 2 heteroatoms. The van der Waals surface area contributed by atoms with Crippen molar-refractivity contribution >= 4 is 5.69 Å². The van der Waals surface area contributed by atoms with Crippen LogP contribution in [-0.2, 0) is 0 Å². The molecule has 0 saturated carbocycles. The van der Waals surface area contributed by atoms with Crippen LogP contribution in [0.2, 0.25) is 0 Å². The van der Waals surface area contributed by atoms with Crippen LogP contribution in [0.25, 0.3) is 0 Å². The van der Waals surface area contributed by atoms with E-state index in [0.29, 0.717) is 11.4 Å². The standard InChI is InChI=1S/C7H9NO/c1-9-7-4-2-6(8)3-5-7/h2-5H,8H2,1H3/i1+1D3. The summed E-state index contributed by atoms with van der Waals surface area (Å²) in [6.07, 6.45) is 0. The second kappa shape index (κ2) is 2.40. The van der Waals surface area contributed by atoms with Crippen LogP contribution in [-0.4, -0.2) is 7.04 Å². The molecule has 0 atom stereocenters. The van der Waals surface area contributed by atoms with Crippen molar-refractivity contribution in [2.24, 2.45) is 0 Å². The third-order valence-electron chi connectivity index (χ3n) is 0.998. The second-order valence-electron chi connectivity index (χ2n) is 1.67. The van der Waals surface area contributed by atoms with E-state index in [2.05, 4.69) is 4.74 Å². The molecule has 0 aliphatic carbocycles. The van der Waals surface area contributed by atoms with Crippen LogP contribution >= 0.6 is 0 Å². The molecule has 0 aliphatic heterocycles. The summed E-state index contributed by atoms with van der Waals surface area (Å²) in [5.74, 6) is 0.296. The number of methoxy groups -OCH3 is 1. The smallest absolute Gasteiger partial charge is 0.119 e. The zero-order chi connectivity index (χ0) is 9.19. The molecule has 48 valence electrons. The highest BCUT2D eigenvalue weighted by atomic mass is 16.5. The Morgan fingerprint density at radius 3 is 2.67 bits per heavy atom. The second-order valence-corrected chi connectivity index (χ2v) is 1.67. The van der Waals surface area contributed by atoms with Crippen LogP contribution in [0.4, 0.5) is 5.69 Å². The van der Waals surface area contributed by atoms with Gasteiger partial charge in [-0.2, -0.15) is 0 Å². The zero-order valence-corrected chi connectivity index (χ0v) is 4.79. The van der Waals surface area contributed by atoms with Crippen molar-refractivity contribution in [3.05, 3.63) is 24.3 Å². The zero-order valence-electron chi connectivity index (χ0n) is 7.79. The van der Waals surface area contributed by atoms with Gasteiger partial charge in [0.2, 0.25) is 0 Å². The highest BCUT2D eigenvalue weighted by Gasteiger charge is 1.85. The number of nitrogen functional groups attached to an aromatic ring is 1. The Labute approximate surface area is 58.5 Å². The van der Waals surface area contributed by atoms with Crippen molar-refractivity contribution in [1.82, 2.24) is 0 Å². The molecule has 9 heavy (non-hydrogen) atoms. The molecule has 1 aromatic carbocycles. The lowest BCUT2D eigenvalue weighted by molar-refractivity contribution is 0.415. The number of ether oxygens (including phenoxy) is 1. The summed E-state index contributed by atoms with van der Waals surface area (Å²) >= 11 is 0. The average molecular weight is 127 g/mol. The van der Waals surface area contributed by atoms with E-state index in [-0.39, 0.29) is 0 Å². The van der Waals surface area contributed by atoms with Crippen molar-refractivity contribution in [2.75, 3.05) is 12.8 Å². The SMILES string of the molecule is [2H][13C]([2H])([2H])Oc1ccc(N)cc1. The predicted molar refractivity (Wildman–Crippen MR) is 37.4 cm³/mol. The Kier molecular flexibility index (Phi) is 0.827. The molecule has 2 N–H and O–H groups in total. The van der Waals surface area contributed by atoms with E-state index in [1.165, 1.54) is 12.1 Å². The van der Waals surface area contributed by atoms with Crippen LogP contribution in [0.15, 0.2) is 24.3 Å². The molecule has 0 amide bonds. The summed E-state index contributed by atoms with van der Waals surface area (Å²) in [5.41, 5.74) is 5.97.